The summed E-state index contributed by atoms with van der Waals surface area (Å²) in [6.07, 6.45) is 1.98. The van der Waals surface area contributed by atoms with E-state index in [1.807, 2.05) is 30.5 Å². The molecule has 1 N–H and O–H groups in total. The van der Waals surface area contributed by atoms with Crippen LogP contribution in [0, 0.1) is 15.9 Å². The molecule has 4 nitrogen and oxygen atoms in total. The minimum Gasteiger partial charge on any atom is -0.381 e. The van der Waals surface area contributed by atoms with Crippen LogP contribution in [0.5, 0.6) is 0 Å². The van der Waals surface area contributed by atoms with Crippen molar-refractivity contribution in [1.82, 2.24) is 0 Å². The van der Waals surface area contributed by atoms with Gasteiger partial charge in [-0.2, -0.15) is 0 Å². The van der Waals surface area contributed by atoms with Crippen LogP contribution in [-0.4, -0.2) is 11.2 Å². The normalized spacial score (nSPS) is 10.3. The highest BCUT2D eigenvalue weighted by molar-refractivity contribution is 7.98. The maximum atomic E-state index is 13.3. The monoisotopic (exact) mass is 292 g/mol. The van der Waals surface area contributed by atoms with E-state index in [4.69, 9.17) is 0 Å². The van der Waals surface area contributed by atoms with E-state index < -0.39 is 10.7 Å². The SMILES string of the molecule is CSc1cccc(NCc2cc(F)cc([N+](=O)[O-])c2)c1. The third-order valence-electron chi connectivity index (χ3n) is 2.72. The number of hydrogen-bond acceptors (Lipinski definition) is 4. The third-order valence-corrected chi connectivity index (χ3v) is 3.44. The molecule has 0 spiro atoms. The molecule has 0 aliphatic heterocycles. The van der Waals surface area contributed by atoms with Gasteiger partial charge in [0, 0.05) is 23.2 Å². The molecular weight excluding hydrogens is 279 g/mol. The first-order chi connectivity index (χ1) is 9.58. The van der Waals surface area contributed by atoms with E-state index in [1.54, 1.807) is 11.8 Å². The lowest BCUT2D eigenvalue weighted by Crippen LogP contribution is -2.01. The van der Waals surface area contributed by atoms with Crippen LogP contribution in [0.1, 0.15) is 5.56 Å². The number of nitrogens with one attached hydrogen (secondary N) is 1. The molecule has 0 radical (unpaired) electrons. The summed E-state index contributed by atoms with van der Waals surface area (Å²) in [7, 11) is 0. The molecule has 2 aromatic carbocycles. The summed E-state index contributed by atoms with van der Waals surface area (Å²) in [6.45, 7) is 0.330. The predicted octanol–water partition coefficient (Wildman–Crippen LogP) is 4.07. The van der Waals surface area contributed by atoms with Gasteiger partial charge in [0.2, 0.25) is 0 Å². The zero-order chi connectivity index (χ0) is 14.5. The fourth-order valence-electron chi connectivity index (χ4n) is 1.78. The Labute approximate surface area is 120 Å². The van der Waals surface area contributed by atoms with Gasteiger partial charge in [-0.25, -0.2) is 4.39 Å². The Balaban J connectivity index is 2.12. The van der Waals surface area contributed by atoms with E-state index >= 15 is 0 Å². The molecule has 0 bridgehead atoms. The van der Waals surface area contributed by atoms with Gasteiger partial charge in [0.1, 0.15) is 5.82 Å². The summed E-state index contributed by atoms with van der Waals surface area (Å²) in [6, 6.07) is 11.3. The second-order valence-corrected chi connectivity index (χ2v) is 5.04. The Kier molecular flexibility index (Phi) is 4.57. The number of non-ortho nitro benzene ring substituents is 1. The van der Waals surface area contributed by atoms with E-state index in [0.29, 0.717) is 12.1 Å². The minimum absolute atomic E-state index is 0.236. The first-order valence-corrected chi connectivity index (χ1v) is 7.13. The van der Waals surface area contributed by atoms with Gasteiger partial charge < -0.3 is 5.32 Å². The lowest BCUT2D eigenvalue weighted by Gasteiger charge is -2.08. The standard InChI is InChI=1S/C14H13FN2O2S/c1-20-14-4-2-3-12(8-14)16-9-10-5-11(15)7-13(6-10)17(18)19/h2-8,16H,9H2,1H3. The first kappa shape index (κ1) is 14.3. The molecule has 0 saturated carbocycles. The number of hydrogen-bond donors (Lipinski definition) is 1. The van der Waals surface area contributed by atoms with Gasteiger partial charge in [0.05, 0.1) is 11.0 Å². The van der Waals surface area contributed by atoms with Crippen LogP contribution in [0.15, 0.2) is 47.4 Å². The van der Waals surface area contributed by atoms with Crippen molar-refractivity contribution in [2.45, 2.75) is 11.4 Å². The van der Waals surface area contributed by atoms with Crippen LogP contribution in [-0.2, 0) is 6.54 Å². The summed E-state index contributed by atoms with van der Waals surface area (Å²) in [5.41, 5.74) is 1.19. The Morgan fingerprint density at radius 2 is 2.10 bits per heavy atom. The first-order valence-electron chi connectivity index (χ1n) is 5.90. The van der Waals surface area contributed by atoms with Gasteiger partial charge in [0.25, 0.3) is 5.69 Å². The fraction of sp³-hybridized carbons (Fsp3) is 0.143. The van der Waals surface area contributed by atoms with E-state index in [-0.39, 0.29) is 5.69 Å². The molecule has 0 heterocycles. The van der Waals surface area contributed by atoms with Crippen LogP contribution in [0.25, 0.3) is 0 Å². The highest BCUT2D eigenvalue weighted by Crippen LogP contribution is 2.21. The maximum absolute atomic E-state index is 13.3. The highest BCUT2D eigenvalue weighted by atomic mass is 32.2. The third kappa shape index (κ3) is 3.71. The molecule has 0 atom stereocenters. The molecule has 0 fully saturated rings. The number of nitro benzene ring substituents is 1. The van der Waals surface area contributed by atoms with Crippen LogP contribution in [0.2, 0.25) is 0 Å². The van der Waals surface area contributed by atoms with Crippen molar-refractivity contribution < 1.29 is 9.31 Å². The molecule has 20 heavy (non-hydrogen) atoms. The van der Waals surface area contributed by atoms with Gasteiger partial charge in [-0.15, -0.1) is 11.8 Å². The molecule has 0 aliphatic carbocycles. The zero-order valence-corrected chi connectivity index (χ0v) is 11.6. The van der Waals surface area contributed by atoms with Crippen molar-refractivity contribution in [1.29, 1.82) is 0 Å². The Morgan fingerprint density at radius 3 is 2.80 bits per heavy atom. The molecule has 0 saturated heterocycles. The van der Waals surface area contributed by atoms with Gasteiger partial charge in [-0.05, 0) is 36.1 Å². The number of anilines is 1. The molecule has 2 aromatic rings. The Morgan fingerprint density at radius 1 is 1.30 bits per heavy atom. The van der Waals surface area contributed by atoms with E-state index in [9.17, 15) is 14.5 Å². The molecule has 6 heteroatoms. The molecule has 2 rings (SSSR count). The lowest BCUT2D eigenvalue weighted by atomic mass is 10.2. The van der Waals surface area contributed by atoms with E-state index in [2.05, 4.69) is 5.32 Å². The second-order valence-electron chi connectivity index (χ2n) is 4.16. The summed E-state index contributed by atoms with van der Waals surface area (Å²) in [5.74, 6) is -0.603. The quantitative estimate of drug-likeness (QED) is 0.513. The van der Waals surface area contributed by atoms with Gasteiger partial charge >= 0.3 is 0 Å². The number of rotatable bonds is 5. The van der Waals surface area contributed by atoms with Gasteiger partial charge in [-0.1, -0.05) is 6.07 Å². The van der Waals surface area contributed by atoms with Crippen molar-refractivity contribution in [2.75, 3.05) is 11.6 Å². The van der Waals surface area contributed by atoms with Crippen LogP contribution in [0.4, 0.5) is 15.8 Å². The number of halogens is 1. The van der Waals surface area contributed by atoms with Crippen molar-refractivity contribution in [2.24, 2.45) is 0 Å². The number of thioether (sulfide) groups is 1. The van der Waals surface area contributed by atoms with Crippen molar-refractivity contribution in [3.8, 4) is 0 Å². The summed E-state index contributed by atoms with van der Waals surface area (Å²) >= 11 is 1.62. The second kappa shape index (κ2) is 6.38. The molecule has 0 unspecified atom stereocenters. The number of benzene rings is 2. The Hall–Kier alpha value is -2.08. The van der Waals surface area contributed by atoms with Gasteiger partial charge in [-0.3, -0.25) is 10.1 Å². The average Bonchev–Trinajstić information content (AvgIpc) is 2.44. The van der Waals surface area contributed by atoms with Crippen molar-refractivity contribution in [3.63, 3.8) is 0 Å². The topological polar surface area (TPSA) is 55.2 Å². The highest BCUT2D eigenvalue weighted by Gasteiger charge is 2.09. The molecule has 0 aliphatic rings. The van der Waals surface area contributed by atoms with E-state index in [0.717, 1.165) is 16.6 Å². The average molecular weight is 292 g/mol. The summed E-state index contributed by atoms with van der Waals surface area (Å²) in [5, 5.41) is 13.8. The Bertz CT molecular complexity index is 634. The molecule has 104 valence electrons. The predicted molar refractivity (Wildman–Crippen MR) is 78.6 cm³/mol. The maximum Gasteiger partial charge on any atom is 0.272 e. The molecule has 0 amide bonds. The van der Waals surface area contributed by atoms with Crippen LogP contribution >= 0.6 is 11.8 Å². The molecular formula is C14H13FN2O2S. The van der Waals surface area contributed by atoms with Crippen LogP contribution < -0.4 is 5.32 Å². The minimum atomic E-state index is -0.603. The fourth-order valence-corrected chi connectivity index (χ4v) is 2.24. The summed E-state index contributed by atoms with van der Waals surface area (Å²) < 4.78 is 13.3. The molecule has 0 aromatic heterocycles. The zero-order valence-electron chi connectivity index (χ0n) is 10.8. The number of nitro groups is 1. The van der Waals surface area contributed by atoms with Gasteiger partial charge in [0.15, 0.2) is 0 Å². The number of nitrogens with zero attached hydrogens (tertiary/aromatic N) is 1. The lowest BCUT2D eigenvalue weighted by molar-refractivity contribution is -0.385. The smallest absolute Gasteiger partial charge is 0.272 e. The van der Waals surface area contributed by atoms with Crippen molar-refractivity contribution >= 4 is 23.1 Å². The largest absolute Gasteiger partial charge is 0.381 e. The van der Waals surface area contributed by atoms with Crippen molar-refractivity contribution in [3.05, 3.63) is 64.0 Å². The summed E-state index contributed by atoms with van der Waals surface area (Å²) in [4.78, 5) is 11.2. The van der Waals surface area contributed by atoms with E-state index in [1.165, 1.54) is 12.1 Å². The van der Waals surface area contributed by atoms with Crippen LogP contribution in [0.3, 0.4) is 0 Å².